The van der Waals surface area contributed by atoms with Gasteiger partial charge in [0.05, 0.1) is 5.60 Å². The van der Waals surface area contributed by atoms with Gasteiger partial charge >= 0.3 is 0 Å². The zero-order chi connectivity index (χ0) is 13.2. The van der Waals surface area contributed by atoms with E-state index in [1.165, 1.54) is 38.5 Å². The van der Waals surface area contributed by atoms with E-state index >= 15 is 0 Å². The molecule has 3 rings (SSSR count). The van der Waals surface area contributed by atoms with Crippen LogP contribution in [0.3, 0.4) is 0 Å². The van der Waals surface area contributed by atoms with Gasteiger partial charge in [-0.3, -0.25) is 0 Å². The molecule has 3 saturated carbocycles. The smallest absolute Gasteiger partial charge is 0.0706 e. The van der Waals surface area contributed by atoms with Gasteiger partial charge in [0.2, 0.25) is 0 Å². The van der Waals surface area contributed by atoms with Gasteiger partial charge in [-0.2, -0.15) is 0 Å². The molecular formula is C17H30O. The Kier molecular flexibility index (Phi) is 2.70. The SMILES string of the molecule is CC1CCCCC1(O)[C@@H]1C[C@H]2CC[C@]1(C)C2(C)C. The summed E-state index contributed by atoms with van der Waals surface area (Å²) in [6, 6.07) is 0. The van der Waals surface area contributed by atoms with Crippen LogP contribution in [0.2, 0.25) is 0 Å². The fourth-order valence-electron chi connectivity index (χ4n) is 5.83. The van der Waals surface area contributed by atoms with Gasteiger partial charge in [-0.05, 0) is 60.7 Å². The minimum absolute atomic E-state index is 0.362. The molecule has 0 aliphatic heterocycles. The molecule has 1 heteroatoms. The van der Waals surface area contributed by atoms with Gasteiger partial charge in [-0.1, -0.05) is 40.5 Å². The highest BCUT2D eigenvalue weighted by Crippen LogP contribution is 2.71. The van der Waals surface area contributed by atoms with E-state index < -0.39 is 0 Å². The van der Waals surface area contributed by atoms with Crippen LogP contribution in [0.15, 0.2) is 0 Å². The molecule has 3 fully saturated rings. The topological polar surface area (TPSA) is 20.2 Å². The summed E-state index contributed by atoms with van der Waals surface area (Å²) in [5.74, 6) is 1.91. The van der Waals surface area contributed by atoms with Gasteiger partial charge in [0, 0.05) is 0 Å². The Balaban J connectivity index is 1.95. The number of hydrogen-bond donors (Lipinski definition) is 1. The zero-order valence-corrected chi connectivity index (χ0v) is 12.6. The molecule has 0 aromatic heterocycles. The minimum Gasteiger partial charge on any atom is -0.389 e. The largest absolute Gasteiger partial charge is 0.389 e. The summed E-state index contributed by atoms with van der Waals surface area (Å²) < 4.78 is 0. The Bertz CT molecular complexity index is 348. The second kappa shape index (κ2) is 3.75. The Hall–Kier alpha value is -0.0400. The van der Waals surface area contributed by atoms with E-state index in [1.807, 2.05) is 0 Å². The van der Waals surface area contributed by atoms with Crippen LogP contribution in [0.4, 0.5) is 0 Å². The van der Waals surface area contributed by atoms with Crippen molar-refractivity contribution in [3.8, 4) is 0 Å². The highest BCUT2D eigenvalue weighted by atomic mass is 16.3. The fourth-order valence-corrected chi connectivity index (χ4v) is 5.83. The highest BCUT2D eigenvalue weighted by molar-refractivity contribution is 5.15. The van der Waals surface area contributed by atoms with Crippen molar-refractivity contribution >= 4 is 0 Å². The van der Waals surface area contributed by atoms with Gasteiger partial charge in [0.15, 0.2) is 0 Å². The van der Waals surface area contributed by atoms with Gasteiger partial charge in [0.25, 0.3) is 0 Å². The first-order valence-corrected chi connectivity index (χ1v) is 8.05. The Labute approximate surface area is 112 Å². The lowest BCUT2D eigenvalue weighted by molar-refractivity contribution is -0.133. The van der Waals surface area contributed by atoms with Crippen molar-refractivity contribution in [1.29, 1.82) is 0 Å². The molecule has 0 radical (unpaired) electrons. The van der Waals surface area contributed by atoms with E-state index in [9.17, 15) is 5.11 Å². The minimum atomic E-state index is -0.362. The molecule has 0 aromatic rings. The van der Waals surface area contributed by atoms with Gasteiger partial charge in [-0.25, -0.2) is 0 Å². The zero-order valence-electron chi connectivity index (χ0n) is 12.6. The van der Waals surface area contributed by atoms with Crippen LogP contribution < -0.4 is 0 Å². The standard InChI is InChI=1S/C17H30O/c1-12-7-5-6-9-17(12,18)14-11-13-8-10-16(14,4)15(13,2)3/h12-14,18H,5-11H2,1-4H3/t12?,13-,14-,16+,17?/m1/s1. The summed E-state index contributed by atoms with van der Waals surface area (Å²) in [6.07, 6.45) is 8.85. The van der Waals surface area contributed by atoms with Crippen molar-refractivity contribution in [1.82, 2.24) is 0 Å². The highest BCUT2D eigenvalue weighted by Gasteiger charge is 2.66. The normalized spacial score (nSPS) is 54.8. The third-order valence-corrected chi connectivity index (χ3v) is 7.72. The third-order valence-electron chi connectivity index (χ3n) is 7.72. The second-order valence-electron chi connectivity index (χ2n) is 8.30. The second-order valence-corrected chi connectivity index (χ2v) is 8.30. The first kappa shape index (κ1) is 13.0. The molecule has 1 N–H and O–H groups in total. The number of fused-ring (bicyclic) bond motifs is 2. The predicted molar refractivity (Wildman–Crippen MR) is 75.3 cm³/mol. The van der Waals surface area contributed by atoms with Crippen molar-refractivity contribution < 1.29 is 5.11 Å². The molecule has 0 saturated heterocycles. The van der Waals surface area contributed by atoms with Crippen LogP contribution in [0.5, 0.6) is 0 Å². The molecule has 1 nitrogen and oxygen atoms in total. The van der Waals surface area contributed by atoms with Crippen LogP contribution in [0.1, 0.15) is 72.6 Å². The van der Waals surface area contributed by atoms with Crippen LogP contribution in [0, 0.1) is 28.6 Å². The summed E-state index contributed by atoms with van der Waals surface area (Å²) in [5, 5.41) is 11.4. The van der Waals surface area contributed by atoms with Gasteiger partial charge in [-0.15, -0.1) is 0 Å². The van der Waals surface area contributed by atoms with Gasteiger partial charge in [0.1, 0.15) is 0 Å². The van der Waals surface area contributed by atoms with Crippen molar-refractivity contribution in [2.45, 2.75) is 78.2 Å². The van der Waals surface area contributed by atoms with E-state index in [4.69, 9.17) is 0 Å². The summed E-state index contributed by atoms with van der Waals surface area (Å²) >= 11 is 0. The maximum Gasteiger partial charge on any atom is 0.0706 e. The molecule has 0 spiro atoms. The molecule has 18 heavy (non-hydrogen) atoms. The molecule has 0 heterocycles. The first-order valence-electron chi connectivity index (χ1n) is 8.05. The average molecular weight is 250 g/mol. The maximum atomic E-state index is 11.4. The molecule has 2 bridgehead atoms. The third kappa shape index (κ3) is 1.38. The molecule has 104 valence electrons. The quantitative estimate of drug-likeness (QED) is 0.732. The van der Waals surface area contributed by atoms with E-state index in [1.54, 1.807) is 0 Å². The average Bonchev–Trinajstić information content (AvgIpc) is 2.65. The van der Waals surface area contributed by atoms with E-state index in [0.717, 1.165) is 12.3 Å². The van der Waals surface area contributed by atoms with Crippen LogP contribution in [0.25, 0.3) is 0 Å². The Morgan fingerprint density at radius 3 is 2.22 bits per heavy atom. The van der Waals surface area contributed by atoms with Crippen LogP contribution in [-0.4, -0.2) is 10.7 Å². The lowest BCUT2D eigenvalue weighted by Gasteiger charge is -2.51. The van der Waals surface area contributed by atoms with E-state index in [2.05, 4.69) is 27.7 Å². The molecule has 3 aliphatic carbocycles. The molecule has 3 aliphatic rings. The summed E-state index contributed by atoms with van der Waals surface area (Å²) in [6.45, 7) is 9.69. The maximum absolute atomic E-state index is 11.4. The van der Waals surface area contributed by atoms with E-state index in [0.29, 0.717) is 22.7 Å². The molecular weight excluding hydrogens is 220 g/mol. The Morgan fingerprint density at radius 2 is 1.72 bits per heavy atom. The molecule has 2 unspecified atom stereocenters. The van der Waals surface area contributed by atoms with Crippen LogP contribution >= 0.6 is 0 Å². The molecule has 0 aromatic carbocycles. The van der Waals surface area contributed by atoms with Crippen LogP contribution in [-0.2, 0) is 0 Å². The number of rotatable bonds is 1. The fraction of sp³-hybridized carbons (Fsp3) is 1.00. The summed E-state index contributed by atoms with van der Waals surface area (Å²) in [4.78, 5) is 0. The monoisotopic (exact) mass is 250 g/mol. The summed E-state index contributed by atoms with van der Waals surface area (Å²) in [7, 11) is 0. The van der Waals surface area contributed by atoms with Crippen molar-refractivity contribution in [2.75, 3.05) is 0 Å². The van der Waals surface area contributed by atoms with Crippen molar-refractivity contribution in [3.05, 3.63) is 0 Å². The van der Waals surface area contributed by atoms with E-state index in [-0.39, 0.29) is 5.60 Å². The predicted octanol–water partition coefficient (Wildman–Crippen LogP) is 4.39. The van der Waals surface area contributed by atoms with Crippen molar-refractivity contribution in [2.24, 2.45) is 28.6 Å². The molecule has 5 atom stereocenters. The number of aliphatic hydroxyl groups is 1. The number of hydrogen-bond acceptors (Lipinski definition) is 1. The summed E-state index contributed by atoms with van der Waals surface area (Å²) in [5.41, 5.74) is 0.446. The molecule has 0 amide bonds. The van der Waals surface area contributed by atoms with Gasteiger partial charge < -0.3 is 5.11 Å². The lowest BCUT2D eigenvalue weighted by Crippen LogP contribution is -2.52. The lowest BCUT2D eigenvalue weighted by atomic mass is 9.57. The first-order chi connectivity index (χ1) is 8.32. The van der Waals surface area contributed by atoms with Crippen molar-refractivity contribution in [3.63, 3.8) is 0 Å². The Morgan fingerprint density at radius 1 is 1.00 bits per heavy atom.